The molecule has 0 bridgehead atoms. The molecule has 16 rings (SSSR count). The molecule has 0 heterocycles. The van der Waals surface area contributed by atoms with Crippen molar-refractivity contribution in [1.82, 2.24) is 0 Å². The van der Waals surface area contributed by atoms with Crippen LogP contribution in [-0.4, -0.2) is 0 Å². The Morgan fingerprint density at radius 1 is 0.120 bits per heavy atom. The molecule has 0 aromatic heterocycles. The highest BCUT2D eigenvalue weighted by Gasteiger charge is 2.19. The van der Waals surface area contributed by atoms with Crippen molar-refractivity contribution in [1.29, 1.82) is 0 Å². The molecular weight excluding hydrogens is 1410 g/mol. The van der Waals surface area contributed by atoms with Gasteiger partial charge in [0.25, 0.3) is 0 Å². The van der Waals surface area contributed by atoms with Gasteiger partial charge in [-0.1, -0.05) is 394 Å². The molecule has 0 saturated heterocycles. The Bertz CT molecular complexity index is 4010. The van der Waals surface area contributed by atoms with Crippen LogP contribution in [0.3, 0.4) is 0 Å². The molecule has 0 radical (unpaired) electrons. The highest BCUT2D eigenvalue weighted by molar-refractivity contribution is 5.44. The molecule has 0 nitrogen and oxygen atoms in total. The lowest BCUT2D eigenvalue weighted by molar-refractivity contribution is 0.564. The van der Waals surface area contributed by atoms with Gasteiger partial charge < -0.3 is 0 Å². The van der Waals surface area contributed by atoms with E-state index in [-0.39, 0.29) is 0 Å². The van der Waals surface area contributed by atoms with Crippen molar-refractivity contribution in [2.75, 3.05) is 0 Å². The predicted molar refractivity (Wildman–Crippen MR) is 517 cm³/mol. The second-order valence-corrected chi connectivity index (χ2v) is 37.1. The molecule has 0 atom stereocenters. The van der Waals surface area contributed by atoms with Crippen molar-refractivity contribution in [3.63, 3.8) is 0 Å². The first kappa shape index (κ1) is 94.6. The average Bonchev–Trinajstić information content (AvgIpc) is 0.877. The van der Waals surface area contributed by atoms with E-state index in [9.17, 15) is 0 Å². The molecule has 0 spiro atoms. The Balaban J connectivity index is 0.000000153. The van der Waals surface area contributed by atoms with Gasteiger partial charge in [0.05, 0.1) is 0 Å². The van der Waals surface area contributed by atoms with Crippen LogP contribution in [0.25, 0.3) is 0 Å². The molecule has 8 aliphatic rings. The number of aryl methyl sites for hydroxylation is 24. The second kappa shape index (κ2) is 57.1. The summed E-state index contributed by atoms with van der Waals surface area (Å²) in [4.78, 5) is 0. The highest BCUT2D eigenvalue weighted by atomic mass is 14.2. The van der Waals surface area contributed by atoms with E-state index in [2.05, 4.69) is 201 Å². The lowest BCUT2D eigenvalue weighted by Gasteiger charge is -2.19. The normalized spacial score (nSPS) is 13.4. The minimum Gasteiger partial charge on any atom is -0.0654 e. The third-order valence-corrected chi connectivity index (χ3v) is 27.2. The van der Waals surface area contributed by atoms with Crippen molar-refractivity contribution < 1.29 is 0 Å². The number of benzene rings is 8. The first-order chi connectivity index (χ1) is 57.7. The van der Waals surface area contributed by atoms with Gasteiger partial charge in [0.2, 0.25) is 0 Å². The topological polar surface area (TPSA) is 0 Å². The summed E-state index contributed by atoms with van der Waals surface area (Å²) in [6.45, 7) is 18.1. The predicted octanol–water partition coefficient (Wildman–Crippen LogP) is 33.2. The molecule has 8 aromatic carbocycles. The number of rotatable bonds is 45. The maximum absolute atomic E-state index is 2.45. The molecular formula is C117H170. The van der Waals surface area contributed by atoms with E-state index < -0.39 is 0 Å². The van der Waals surface area contributed by atoms with Gasteiger partial charge in [-0.2, -0.15) is 0 Å². The number of unbranched alkanes of at least 4 members (excludes halogenated alkanes) is 29. The number of hydrogen-bond donors (Lipinski definition) is 0. The lowest BCUT2D eigenvalue weighted by atomic mass is 9.86. The Kier molecular flexibility index (Phi) is 46.2. The van der Waals surface area contributed by atoms with Crippen molar-refractivity contribution in [3.05, 3.63) is 279 Å². The maximum Gasteiger partial charge on any atom is -0.0235 e. The minimum absolute atomic E-state index is 1.24. The van der Waals surface area contributed by atoms with Crippen LogP contribution in [-0.2, 0) is 154 Å². The van der Waals surface area contributed by atoms with Gasteiger partial charge in [0, 0.05) is 0 Å². The summed E-state index contributed by atoms with van der Waals surface area (Å²) in [6, 6.07) is 56.6. The van der Waals surface area contributed by atoms with E-state index >= 15 is 0 Å². The van der Waals surface area contributed by atoms with Crippen LogP contribution in [0, 0.1) is 0 Å². The van der Waals surface area contributed by atoms with E-state index in [1.54, 1.807) is 122 Å². The molecule has 0 amide bonds. The van der Waals surface area contributed by atoms with Gasteiger partial charge >= 0.3 is 0 Å². The Hall–Kier alpha value is -6.24. The van der Waals surface area contributed by atoms with Crippen LogP contribution in [0.5, 0.6) is 0 Å². The first-order valence-corrected chi connectivity index (χ1v) is 50.5. The minimum atomic E-state index is 1.24. The quantitative estimate of drug-likeness (QED) is 0.0334. The van der Waals surface area contributed by atoms with Crippen LogP contribution in [0.4, 0.5) is 0 Å². The van der Waals surface area contributed by atoms with Crippen LogP contribution >= 0.6 is 0 Å². The summed E-state index contributed by atoms with van der Waals surface area (Å²) in [5.74, 6) is 0. The number of fused-ring (bicyclic) bond motifs is 8. The summed E-state index contributed by atoms with van der Waals surface area (Å²) in [5.41, 5.74) is 38.0. The molecule has 8 aromatic rings. The van der Waals surface area contributed by atoms with E-state index in [1.165, 1.54) is 403 Å². The summed E-state index contributed by atoms with van der Waals surface area (Å²) in [7, 11) is 0. The number of hydrogen-bond acceptors (Lipinski definition) is 0. The smallest absolute Gasteiger partial charge is 0.0235 e. The van der Waals surface area contributed by atoms with Crippen LogP contribution < -0.4 is 0 Å². The van der Waals surface area contributed by atoms with Gasteiger partial charge in [-0.15, -0.1) is 0 Å². The molecule has 8 aliphatic carbocycles. The summed E-state index contributed by atoms with van der Waals surface area (Å²) >= 11 is 0. The maximum atomic E-state index is 2.45. The SMILES string of the molecule is CCCCCCCCCCCc1ccc2c(c1)CC2.CCCCCCCCCc1ccc2c(c1)CC2.CCCCCCCCc1ccc2c(c1)CC2.CCCCCCCc1ccc2c(c1)CC2.CCCCCCc1ccc2c(c1)CC2.CCCCCc1ccc2c(c1)CC2.CCCCc1ccc2c(c1)CC2.CCCc1ccc2c(c1)CC2. The van der Waals surface area contributed by atoms with E-state index in [4.69, 9.17) is 0 Å². The van der Waals surface area contributed by atoms with Crippen molar-refractivity contribution >= 4 is 0 Å². The zero-order chi connectivity index (χ0) is 82.0. The molecule has 0 saturated carbocycles. The summed E-state index contributed by atoms with van der Waals surface area (Å²) in [5, 5.41) is 0. The largest absolute Gasteiger partial charge is 0.0654 e. The summed E-state index contributed by atoms with van der Waals surface area (Å²) < 4.78 is 0. The van der Waals surface area contributed by atoms with Gasteiger partial charge in [0.1, 0.15) is 0 Å². The third-order valence-electron chi connectivity index (χ3n) is 27.2. The van der Waals surface area contributed by atoms with Crippen LogP contribution in [0.1, 0.15) is 426 Å². The first-order valence-electron chi connectivity index (χ1n) is 50.5. The van der Waals surface area contributed by atoms with Gasteiger partial charge in [-0.05, 0) is 333 Å². The molecule has 0 N–H and O–H groups in total. The zero-order valence-corrected chi connectivity index (χ0v) is 77.0. The van der Waals surface area contributed by atoms with E-state index in [1.807, 2.05) is 0 Å². The Morgan fingerprint density at radius 3 is 0.402 bits per heavy atom. The molecule has 0 aliphatic heterocycles. The highest BCUT2D eigenvalue weighted by Crippen LogP contribution is 2.32. The fourth-order valence-corrected chi connectivity index (χ4v) is 18.2. The molecule has 117 heavy (non-hydrogen) atoms. The van der Waals surface area contributed by atoms with Crippen molar-refractivity contribution in [3.8, 4) is 0 Å². The van der Waals surface area contributed by atoms with Gasteiger partial charge in [0.15, 0.2) is 0 Å². The summed E-state index contributed by atoms with van der Waals surface area (Å²) in [6.07, 6.45) is 82.8. The van der Waals surface area contributed by atoms with Gasteiger partial charge in [-0.25, -0.2) is 0 Å². The molecule has 0 heteroatoms. The lowest BCUT2D eigenvalue weighted by Crippen LogP contribution is -2.08. The fraction of sp³-hybridized carbons (Fsp3) is 0.590. The van der Waals surface area contributed by atoms with E-state index in [0.29, 0.717) is 0 Å². The standard InChI is InChI=1S/C19H30.C17H26.C16H24.C15H22.C14H20.C13H18.C12H16.C11H14/c1-2-3-4-5-6-7-8-9-10-11-17-12-13-18-14-15-19(18)16-17;1-2-3-4-5-6-7-8-9-15-10-11-16-12-13-17(16)14-15;1-2-3-4-5-6-7-8-14-9-10-15-11-12-16(15)13-14;1-2-3-4-5-6-7-13-8-9-14-10-11-15(14)12-13;1-2-3-4-5-6-12-7-8-13-9-10-14(13)11-12;1-2-3-4-5-11-6-7-12-8-9-13(12)10-11;1-2-3-4-10-5-6-11-7-8-12(11)9-10;1-2-3-9-4-5-10-6-7-11(10)8-9/h12-13,16H,2-11,14-15H2,1H3;10-11,14H,2-9,12-13H2,1H3;9-10,13H,2-8,11-12H2,1H3;8-9,12H,2-7,10-11H2,1H3;7-8,11H,2-6,9-10H2,1H3;6-7,10H,2-5,8-9H2,1H3;5-6,9H,2-4,7-8H2,1H3;4-5,8H,2-3,6-7H2,1H3. The van der Waals surface area contributed by atoms with Crippen LogP contribution in [0.2, 0.25) is 0 Å². The monoisotopic (exact) mass is 1580 g/mol. The van der Waals surface area contributed by atoms with Crippen LogP contribution in [0.15, 0.2) is 146 Å². The molecule has 0 unspecified atom stereocenters. The Morgan fingerprint density at radius 2 is 0.248 bits per heavy atom. The molecule has 0 fully saturated rings. The fourth-order valence-electron chi connectivity index (χ4n) is 18.2. The molecule has 638 valence electrons. The zero-order valence-electron chi connectivity index (χ0n) is 77.0. The van der Waals surface area contributed by atoms with E-state index in [0.717, 1.165) is 0 Å². The van der Waals surface area contributed by atoms with Crippen molar-refractivity contribution in [2.45, 2.75) is 447 Å². The average molecular weight is 1580 g/mol. The third kappa shape index (κ3) is 35.0. The van der Waals surface area contributed by atoms with Crippen molar-refractivity contribution in [2.24, 2.45) is 0 Å². The second-order valence-electron chi connectivity index (χ2n) is 37.1. The van der Waals surface area contributed by atoms with Gasteiger partial charge in [-0.3, -0.25) is 0 Å². The Labute approximate surface area is 721 Å².